The lowest BCUT2D eigenvalue weighted by molar-refractivity contribution is -0.126. The predicted octanol–water partition coefficient (Wildman–Crippen LogP) is 1.00. The molecule has 0 aromatic rings. The topological polar surface area (TPSA) is 104 Å². The van der Waals surface area contributed by atoms with Gasteiger partial charge in [-0.2, -0.15) is 0 Å². The third kappa shape index (κ3) is 21.4. The van der Waals surface area contributed by atoms with Crippen molar-refractivity contribution in [1.82, 2.24) is 10.6 Å². The van der Waals surface area contributed by atoms with Gasteiger partial charge in [0.1, 0.15) is 6.61 Å². The molecule has 0 aromatic heterocycles. The van der Waals surface area contributed by atoms with Crippen molar-refractivity contribution in [1.29, 1.82) is 0 Å². The number of rotatable bonds is 19. The lowest BCUT2D eigenvalue weighted by Crippen LogP contribution is -2.34. The molecular weight excluding hydrogens is 392 g/mol. The number of ether oxygens (including phenoxy) is 5. The summed E-state index contributed by atoms with van der Waals surface area (Å²) in [5.74, 6) is -0.0947. The average Bonchev–Trinajstić information content (AvgIpc) is 2.67. The molecule has 178 valence electrons. The van der Waals surface area contributed by atoms with Gasteiger partial charge in [-0.05, 0) is 5.41 Å². The van der Waals surface area contributed by atoms with Crippen LogP contribution in [0.5, 0.6) is 0 Å². The van der Waals surface area contributed by atoms with Crippen molar-refractivity contribution in [2.24, 2.45) is 11.3 Å². The molecule has 0 aliphatic rings. The van der Waals surface area contributed by atoms with Crippen molar-refractivity contribution < 1.29 is 33.3 Å². The Morgan fingerprint density at radius 3 is 1.57 bits per heavy atom. The third-order valence-electron chi connectivity index (χ3n) is 3.61. The molecule has 0 saturated carbocycles. The zero-order valence-electron chi connectivity index (χ0n) is 19.4. The highest BCUT2D eigenvalue weighted by atomic mass is 16.6. The smallest absolute Gasteiger partial charge is 0.246 e. The number of nitrogens with one attached hydrogen (secondary N) is 2. The van der Waals surface area contributed by atoms with Gasteiger partial charge in [-0.25, -0.2) is 0 Å². The third-order valence-corrected chi connectivity index (χ3v) is 3.61. The standard InChI is InChI=1S/C21H42N2O7/c1-18(2)20(25)22-6-7-26-8-9-27-10-11-28-12-13-29-14-15-30-16-19(24)23-17-21(3,4)5/h18H,6-17H2,1-5H3,(H,22,25)(H,23,24). The van der Waals surface area contributed by atoms with Crippen LogP contribution in [0.3, 0.4) is 0 Å². The Balaban J connectivity index is 3.20. The summed E-state index contributed by atoms with van der Waals surface area (Å²) >= 11 is 0. The van der Waals surface area contributed by atoms with E-state index in [2.05, 4.69) is 31.4 Å². The van der Waals surface area contributed by atoms with E-state index in [0.717, 1.165) is 0 Å². The lowest BCUT2D eigenvalue weighted by Gasteiger charge is -2.18. The lowest BCUT2D eigenvalue weighted by atomic mass is 9.97. The maximum atomic E-state index is 11.6. The van der Waals surface area contributed by atoms with E-state index in [1.54, 1.807) is 0 Å². The van der Waals surface area contributed by atoms with E-state index in [0.29, 0.717) is 72.6 Å². The minimum absolute atomic E-state index is 0.0105. The van der Waals surface area contributed by atoms with Crippen molar-refractivity contribution in [2.45, 2.75) is 34.6 Å². The van der Waals surface area contributed by atoms with Crippen LogP contribution in [-0.4, -0.2) is 91.0 Å². The summed E-state index contributed by atoms with van der Waals surface area (Å²) in [5.41, 5.74) is 0.0604. The fourth-order valence-corrected chi connectivity index (χ4v) is 1.91. The number of carbonyl (C=O) groups is 2. The van der Waals surface area contributed by atoms with Crippen LogP contribution in [0.25, 0.3) is 0 Å². The van der Waals surface area contributed by atoms with E-state index >= 15 is 0 Å². The van der Waals surface area contributed by atoms with E-state index in [1.165, 1.54) is 0 Å². The largest absolute Gasteiger partial charge is 0.377 e. The van der Waals surface area contributed by atoms with Gasteiger partial charge in [0.05, 0.1) is 59.5 Å². The zero-order valence-corrected chi connectivity index (χ0v) is 19.4. The summed E-state index contributed by atoms with van der Waals surface area (Å²) in [7, 11) is 0. The van der Waals surface area contributed by atoms with Crippen molar-refractivity contribution in [3.63, 3.8) is 0 Å². The number of hydrogen-bond donors (Lipinski definition) is 2. The summed E-state index contributed by atoms with van der Waals surface area (Å²) in [4.78, 5) is 22.9. The normalized spacial score (nSPS) is 11.7. The van der Waals surface area contributed by atoms with Crippen LogP contribution >= 0.6 is 0 Å². The van der Waals surface area contributed by atoms with Crippen LogP contribution in [0.1, 0.15) is 34.6 Å². The molecule has 30 heavy (non-hydrogen) atoms. The highest BCUT2D eigenvalue weighted by Gasteiger charge is 2.11. The van der Waals surface area contributed by atoms with Gasteiger partial charge in [0.25, 0.3) is 0 Å². The summed E-state index contributed by atoms with van der Waals surface area (Å²) in [5, 5.41) is 5.60. The van der Waals surface area contributed by atoms with Crippen LogP contribution in [0, 0.1) is 11.3 Å². The first kappa shape index (κ1) is 28.7. The minimum Gasteiger partial charge on any atom is -0.377 e. The molecule has 0 aliphatic carbocycles. The van der Waals surface area contributed by atoms with Crippen molar-refractivity contribution in [2.75, 3.05) is 79.2 Å². The SMILES string of the molecule is CC(C)C(=O)NCCOCCOCCOCCOCCOCC(=O)NCC(C)(C)C. The molecule has 2 amide bonds. The van der Waals surface area contributed by atoms with E-state index in [4.69, 9.17) is 23.7 Å². The van der Waals surface area contributed by atoms with Crippen LogP contribution in [0.4, 0.5) is 0 Å². The molecule has 0 rings (SSSR count). The van der Waals surface area contributed by atoms with Crippen molar-refractivity contribution >= 4 is 11.8 Å². The highest BCUT2D eigenvalue weighted by Crippen LogP contribution is 2.09. The maximum Gasteiger partial charge on any atom is 0.246 e. The Hall–Kier alpha value is -1.26. The molecule has 0 unspecified atom stereocenters. The quantitative estimate of drug-likeness (QED) is 0.292. The van der Waals surface area contributed by atoms with Crippen molar-refractivity contribution in [3.8, 4) is 0 Å². The fourth-order valence-electron chi connectivity index (χ4n) is 1.91. The fraction of sp³-hybridized carbons (Fsp3) is 0.905. The van der Waals surface area contributed by atoms with Gasteiger partial charge in [0.2, 0.25) is 11.8 Å². The van der Waals surface area contributed by atoms with Crippen LogP contribution in [0.15, 0.2) is 0 Å². The summed E-state index contributed by atoms with van der Waals surface area (Å²) in [6, 6.07) is 0. The van der Waals surface area contributed by atoms with Gasteiger partial charge in [-0.1, -0.05) is 34.6 Å². The van der Waals surface area contributed by atoms with Gasteiger partial charge in [-0.15, -0.1) is 0 Å². The van der Waals surface area contributed by atoms with Gasteiger partial charge < -0.3 is 34.3 Å². The summed E-state index contributed by atoms with van der Waals surface area (Å²) < 4.78 is 26.8. The Bertz CT molecular complexity index is 440. The Kier molecular flexibility index (Phi) is 17.7. The first-order chi connectivity index (χ1) is 14.2. The molecule has 0 radical (unpaired) electrons. The molecule has 0 atom stereocenters. The van der Waals surface area contributed by atoms with Crippen LogP contribution < -0.4 is 10.6 Å². The summed E-state index contributed by atoms with van der Waals surface area (Å²) in [6.07, 6.45) is 0. The first-order valence-corrected chi connectivity index (χ1v) is 10.7. The number of amides is 2. The molecule has 0 aromatic carbocycles. The molecule has 9 heteroatoms. The van der Waals surface area contributed by atoms with Crippen LogP contribution in [-0.2, 0) is 33.3 Å². The molecule has 2 N–H and O–H groups in total. The second-order valence-corrected chi connectivity index (χ2v) is 8.29. The zero-order chi connectivity index (χ0) is 22.7. The average molecular weight is 435 g/mol. The molecule has 0 spiro atoms. The Labute approximate surface area is 181 Å². The van der Waals surface area contributed by atoms with E-state index in [1.807, 2.05) is 13.8 Å². The van der Waals surface area contributed by atoms with Gasteiger partial charge in [-0.3, -0.25) is 9.59 Å². The van der Waals surface area contributed by atoms with Gasteiger partial charge in [0, 0.05) is 19.0 Å². The molecule has 0 bridgehead atoms. The van der Waals surface area contributed by atoms with E-state index in [-0.39, 0.29) is 29.8 Å². The highest BCUT2D eigenvalue weighted by molar-refractivity contribution is 5.77. The second-order valence-electron chi connectivity index (χ2n) is 8.29. The number of carbonyl (C=O) groups excluding carboxylic acids is 2. The van der Waals surface area contributed by atoms with E-state index < -0.39 is 0 Å². The maximum absolute atomic E-state index is 11.6. The Morgan fingerprint density at radius 2 is 1.13 bits per heavy atom. The van der Waals surface area contributed by atoms with E-state index in [9.17, 15) is 9.59 Å². The minimum atomic E-state index is -0.114. The molecule has 0 saturated heterocycles. The van der Waals surface area contributed by atoms with Crippen molar-refractivity contribution in [3.05, 3.63) is 0 Å². The number of hydrogen-bond acceptors (Lipinski definition) is 7. The molecule has 0 heterocycles. The predicted molar refractivity (Wildman–Crippen MR) is 114 cm³/mol. The van der Waals surface area contributed by atoms with Gasteiger partial charge in [0.15, 0.2) is 0 Å². The first-order valence-electron chi connectivity index (χ1n) is 10.7. The summed E-state index contributed by atoms with van der Waals surface area (Å²) in [6.45, 7) is 15.2. The molecular formula is C21H42N2O7. The Morgan fingerprint density at radius 1 is 0.700 bits per heavy atom. The molecule has 0 aliphatic heterocycles. The molecule has 0 fully saturated rings. The molecule has 9 nitrogen and oxygen atoms in total. The van der Waals surface area contributed by atoms with Gasteiger partial charge >= 0.3 is 0 Å². The monoisotopic (exact) mass is 434 g/mol. The second kappa shape index (κ2) is 18.5. The van der Waals surface area contributed by atoms with Crippen LogP contribution in [0.2, 0.25) is 0 Å².